The number of carbonyl (C=O) groups is 1. The molecule has 0 bridgehead atoms. The average molecular weight is 648 g/mol. The number of ether oxygens (including phenoxy) is 2. The monoisotopic (exact) mass is 647 g/mol. The van der Waals surface area contributed by atoms with Crippen LogP contribution in [0, 0.1) is 6.57 Å². The molecule has 14 heteroatoms. The zero-order valence-electron chi connectivity index (χ0n) is 25.4. The van der Waals surface area contributed by atoms with Crippen molar-refractivity contribution in [3.8, 4) is 6.01 Å². The number of likely N-dealkylation sites (N-methyl/N-ethyl adjacent to an activating group) is 1. The van der Waals surface area contributed by atoms with E-state index >= 15 is 0 Å². The molecule has 0 spiro atoms. The Labute approximate surface area is 266 Å². The molecule has 3 atom stereocenters. The number of halogens is 4. The Kier molecular flexibility index (Phi) is 9.77. The van der Waals surface area contributed by atoms with Crippen molar-refractivity contribution >= 4 is 29.0 Å². The van der Waals surface area contributed by atoms with Crippen molar-refractivity contribution in [3.63, 3.8) is 0 Å². The first-order chi connectivity index (χ1) is 21.4. The topological polar surface area (TPSA) is 78.6 Å². The molecule has 0 radical (unpaired) electrons. The minimum atomic E-state index is -4.71. The number of piperazine rings is 1. The van der Waals surface area contributed by atoms with Crippen molar-refractivity contribution in [1.29, 1.82) is 0 Å². The van der Waals surface area contributed by atoms with E-state index in [9.17, 15) is 18.0 Å². The standard InChI is InChI=1S/C31H37ClF3N7O3/c1-5-27(43)42-15-14-41(18-21(42)17-36-2)28-23-11-13-40(26-9-7-6-8-24(26)32)19-25(23)37-29(38-28)44-20-30(39(3)4)12-10-22(16-30)45-31(33,34)35/h5-9,21-22H,1,10-20H2,3-4H3/t21-,22?,30?/m0/s1. The summed E-state index contributed by atoms with van der Waals surface area (Å²) in [6.07, 6.45) is -2.92. The fourth-order valence-corrected chi connectivity index (χ4v) is 6.81. The quantitative estimate of drug-likeness (QED) is 0.289. The summed E-state index contributed by atoms with van der Waals surface area (Å²) in [6.45, 7) is 13.7. The number of carbonyl (C=O) groups excluding carboxylic acids is 1. The zero-order valence-corrected chi connectivity index (χ0v) is 26.1. The summed E-state index contributed by atoms with van der Waals surface area (Å²) < 4.78 is 49.6. The van der Waals surface area contributed by atoms with Crippen molar-refractivity contribution < 1.29 is 27.4 Å². The van der Waals surface area contributed by atoms with Gasteiger partial charge in [-0.1, -0.05) is 30.3 Å². The summed E-state index contributed by atoms with van der Waals surface area (Å²) in [5, 5.41) is 0.626. The molecule has 3 heterocycles. The lowest BCUT2D eigenvalue weighted by Crippen LogP contribution is -2.56. The maximum absolute atomic E-state index is 13.0. The summed E-state index contributed by atoms with van der Waals surface area (Å²) >= 11 is 6.53. The lowest BCUT2D eigenvalue weighted by atomic mass is 9.97. The maximum atomic E-state index is 13.0. The number of anilines is 2. The second-order valence-corrected chi connectivity index (χ2v) is 12.3. The van der Waals surface area contributed by atoms with Crippen molar-refractivity contribution in [2.45, 2.75) is 56.3 Å². The van der Waals surface area contributed by atoms with Crippen LogP contribution >= 0.6 is 11.6 Å². The second kappa shape index (κ2) is 13.4. The van der Waals surface area contributed by atoms with E-state index in [4.69, 9.17) is 32.9 Å². The Balaban J connectivity index is 1.45. The highest BCUT2D eigenvalue weighted by Crippen LogP contribution is 2.39. The van der Waals surface area contributed by atoms with Crippen molar-refractivity contribution in [2.24, 2.45) is 0 Å². The maximum Gasteiger partial charge on any atom is 0.522 e. The predicted molar refractivity (Wildman–Crippen MR) is 164 cm³/mol. The normalized spacial score (nSPS) is 23.6. The van der Waals surface area contributed by atoms with Gasteiger partial charge < -0.3 is 29.2 Å². The number of amides is 1. The van der Waals surface area contributed by atoms with Crippen LogP contribution in [0.5, 0.6) is 6.01 Å². The van der Waals surface area contributed by atoms with Gasteiger partial charge in [-0.2, -0.15) is 9.97 Å². The largest absolute Gasteiger partial charge is 0.522 e. The van der Waals surface area contributed by atoms with Crippen molar-refractivity contribution in [2.75, 3.05) is 63.2 Å². The highest BCUT2D eigenvalue weighted by atomic mass is 35.5. The van der Waals surface area contributed by atoms with E-state index in [0.717, 1.165) is 16.9 Å². The molecule has 10 nitrogen and oxygen atoms in total. The summed E-state index contributed by atoms with van der Waals surface area (Å²) in [6, 6.07) is 7.37. The average Bonchev–Trinajstić information content (AvgIpc) is 3.42. The molecule has 3 aliphatic rings. The Morgan fingerprint density at radius 2 is 2.02 bits per heavy atom. The smallest absolute Gasteiger partial charge is 0.461 e. The number of aromatic nitrogens is 2. The molecule has 0 N–H and O–H groups in total. The number of benzene rings is 1. The van der Waals surface area contributed by atoms with Crippen LogP contribution in [0.2, 0.25) is 5.02 Å². The first-order valence-corrected chi connectivity index (χ1v) is 15.3. The van der Waals surface area contributed by atoms with Crippen molar-refractivity contribution in [1.82, 2.24) is 19.8 Å². The molecule has 1 aliphatic carbocycles. The summed E-state index contributed by atoms with van der Waals surface area (Å²) in [7, 11) is 3.64. The van der Waals surface area contributed by atoms with Gasteiger partial charge in [-0.15, -0.1) is 13.2 Å². The molecule has 242 valence electrons. The van der Waals surface area contributed by atoms with Crippen LogP contribution in [0.1, 0.15) is 30.5 Å². The molecule has 2 unspecified atom stereocenters. The van der Waals surface area contributed by atoms with E-state index in [0.29, 0.717) is 56.4 Å². The number of rotatable bonds is 9. The highest BCUT2D eigenvalue weighted by Gasteiger charge is 2.46. The van der Waals surface area contributed by atoms with E-state index in [2.05, 4.69) is 26.0 Å². The second-order valence-electron chi connectivity index (χ2n) is 11.9. The molecule has 1 amide bonds. The van der Waals surface area contributed by atoms with Gasteiger partial charge in [0.25, 0.3) is 0 Å². The lowest BCUT2D eigenvalue weighted by molar-refractivity contribution is -0.342. The van der Waals surface area contributed by atoms with E-state index in [1.165, 1.54) is 6.08 Å². The first-order valence-electron chi connectivity index (χ1n) is 14.9. The van der Waals surface area contributed by atoms with E-state index in [1.807, 2.05) is 43.3 Å². The SMILES string of the molecule is [C-]#[N+]C[C@H]1CN(c2nc(OCC3(N(C)C)CCC(OC(F)(F)F)C3)nc3c2CCN(c2ccccc2Cl)C3)CCN1C(=O)C=C. The number of nitrogens with zero attached hydrogens (tertiary/aromatic N) is 7. The van der Waals surface area contributed by atoms with Gasteiger partial charge in [-0.05, 0) is 58.0 Å². The highest BCUT2D eigenvalue weighted by molar-refractivity contribution is 6.33. The van der Waals surface area contributed by atoms with E-state index in [-0.39, 0.29) is 44.0 Å². The van der Waals surface area contributed by atoms with E-state index in [1.54, 1.807) is 4.90 Å². The summed E-state index contributed by atoms with van der Waals surface area (Å²) in [4.78, 5) is 33.5. The summed E-state index contributed by atoms with van der Waals surface area (Å²) in [5.41, 5.74) is 1.90. The molecular weight excluding hydrogens is 611 g/mol. The van der Waals surface area contributed by atoms with Crippen molar-refractivity contribution in [3.05, 3.63) is 64.6 Å². The fourth-order valence-electron chi connectivity index (χ4n) is 6.56. The molecule has 2 fully saturated rings. The van der Waals surface area contributed by atoms with Crippen LogP contribution in [-0.4, -0.2) is 103 Å². The van der Waals surface area contributed by atoms with Gasteiger partial charge >= 0.3 is 12.4 Å². The Morgan fingerprint density at radius 3 is 2.71 bits per heavy atom. The fraction of sp³-hybridized carbons (Fsp3) is 0.548. The van der Waals surface area contributed by atoms with Crippen LogP contribution in [0.15, 0.2) is 36.9 Å². The van der Waals surface area contributed by atoms with Gasteiger partial charge in [0.05, 0.1) is 34.6 Å². The van der Waals surface area contributed by atoms with Crippen LogP contribution in [-0.2, 0) is 22.5 Å². The number of hydrogen-bond acceptors (Lipinski definition) is 8. The molecule has 1 aromatic heterocycles. The van der Waals surface area contributed by atoms with Gasteiger partial charge in [0.15, 0.2) is 0 Å². The number of fused-ring (bicyclic) bond motifs is 1. The minimum absolute atomic E-state index is 0.0755. The van der Waals surface area contributed by atoms with Gasteiger partial charge in [0.2, 0.25) is 12.5 Å². The summed E-state index contributed by atoms with van der Waals surface area (Å²) in [5.74, 6) is 0.462. The molecule has 1 saturated heterocycles. The Bertz CT molecular complexity index is 1450. The predicted octanol–water partition coefficient (Wildman–Crippen LogP) is 4.58. The lowest BCUT2D eigenvalue weighted by Gasteiger charge is -2.41. The molecule has 1 aromatic carbocycles. The zero-order chi connectivity index (χ0) is 32.4. The van der Waals surface area contributed by atoms with Crippen LogP contribution in [0.3, 0.4) is 0 Å². The van der Waals surface area contributed by atoms with Gasteiger partial charge in [0.1, 0.15) is 18.5 Å². The number of alkyl halides is 3. The molecular formula is C31H37ClF3N7O3. The van der Waals surface area contributed by atoms with Crippen LogP contribution in [0.25, 0.3) is 4.85 Å². The molecule has 1 saturated carbocycles. The van der Waals surface area contributed by atoms with Crippen LogP contribution < -0.4 is 14.5 Å². The minimum Gasteiger partial charge on any atom is -0.461 e. The third-order valence-electron chi connectivity index (χ3n) is 9.02. The van der Waals surface area contributed by atoms with Crippen LogP contribution in [0.4, 0.5) is 24.7 Å². The van der Waals surface area contributed by atoms with E-state index < -0.39 is 18.0 Å². The molecule has 2 aliphatic heterocycles. The molecule has 45 heavy (non-hydrogen) atoms. The number of hydrogen-bond donors (Lipinski definition) is 0. The Hall–Kier alpha value is -3.60. The third-order valence-corrected chi connectivity index (χ3v) is 9.34. The van der Waals surface area contributed by atoms with Gasteiger partial charge in [-0.3, -0.25) is 9.53 Å². The molecule has 5 rings (SSSR count). The first kappa shape index (κ1) is 32.8. The van der Waals surface area contributed by atoms with Gasteiger partial charge in [0, 0.05) is 31.7 Å². The third kappa shape index (κ3) is 7.29. The number of para-hydroxylation sites is 1. The van der Waals surface area contributed by atoms with Gasteiger partial charge in [-0.25, -0.2) is 6.57 Å². The Morgan fingerprint density at radius 1 is 1.24 bits per heavy atom. The molecule has 2 aromatic rings.